The molecule has 2 aliphatic rings. The topological polar surface area (TPSA) is 85.9 Å². The Labute approximate surface area is 247 Å². The molecule has 0 atom stereocenters. The first-order valence-corrected chi connectivity index (χ1v) is 14.8. The predicted molar refractivity (Wildman–Crippen MR) is 165 cm³/mol. The highest BCUT2D eigenvalue weighted by Gasteiger charge is 2.24. The second kappa shape index (κ2) is 14.3. The van der Waals surface area contributed by atoms with Gasteiger partial charge in [-0.3, -0.25) is 9.69 Å². The third kappa shape index (κ3) is 8.45. The largest absolute Gasteiger partial charge is 0.379 e. The Bertz CT molecular complexity index is 1310. The van der Waals surface area contributed by atoms with Gasteiger partial charge in [0.05, 0.1) is 18.8 Å². The molecule has 9 heteroatoms. The van der Waals surface area contributed by atoms with Gasteiger partial charge in [-0.15, -0.1) is 0 Å². The Balaban J connectivity index is 1.26. The summed E-state index contributed by atoms with van der Waals surface area (Å²) in [7, 11) is 0. The van der Waals surface area contributed by atoms with Crippen molar-refractivity contribution in [2.24, 2.45) is 5.92 Å². The van der Waals surface area contributed by atoms with Gasteiger partial charge in [-0.1, -0.05) is 48.0 Å². The van der Waals surface area contributed by atoms with Crippen LogP contribution in [-0.2, 0) is 11.2 Å². The lowest BCUT2D eigenvalue weighted by molar-refractivity contribution is 0.0383. The summed E-state index contributed by atoms with van der Waals surface area (Å²) in [6, 6.07) is 22.8. The molecule has 8 nitrogen and oxygen atoms in total. The molecular formula is C32H38ClN5O3. The molecule has 0 unspecified atom stereocenters. The highest BCUT2D eigenvalue weighted by atomic mass is 35.5. The monoisotopic (exact) mass is 575 g/mol. The molecule has 2 saturated heterocycles. The van der Waals surface area contributed by atoms with Crippen LogP contribution in [0.3, 0.4) is 0 Å². The molecule has 0 radical (unpaired) electrons. The molecule has 3 amide bonds. The zero-order chi connectivity index (χ0) is 28.4. The third-order valence-electron chi connectivity index (χ3n) is 7.72. The van der Waals surface area contributed by atoms with Crippen molar-refractivity contribution in [1.82, 2.24) is 10.2 Å². The normalized spacial score (nSPS) is 16.3. The number of amides is 3. The molecule has 2 heterocycles. The lowest BCUT2D eigenvalue weighted by Crippen LogP contribution is -2.41. The van der Waals surface area contributed by atoms with Crippen LogP contribution in [-0.4, -0.2) is 69.3 Å². The van der Waals surface area contributed by atoms with Crippen LogP contribution in [0.2, 0.25) is 5.02 Å². The van der Waals surface area contributed by atoms with E-state index in [0.717, 1.165) is 70.9 Å². The van der Waals surface area contributed by atoms with Gasteiger partial charge in [0.1, 0.15) is 0 Å². The number of ether oxygens (including phenoxy) is 1. The van der Waals surface area contributed by atoms with E-state index in [1.807, 2.05) is 12.1 Å². The van der Waals surface area contributed by atoms with E-state index >= 15 is 0 Å². The van der Waals surface area contributed by atoms with Crippen LogP contribution in [0.25, 0.3) is 0 Å². The number of anilines is 3. The molecule has 41 heavy (non-hydrogen) atoms. The van der Waals surface area contributed by atoms with Crippen LogP contribution < -0.4 is 20.9 Å². The van der Waals surface area contributed by atoms with E-state index in [4.69, 9.17) is 16.3 Å². The average Bonchev–Trinajstić information content (AvgIpc) is 2.98. The number of nitrogens with zero attached hydrogens (tertiary/aromatic N) is 2. The van der Waals surface area contributed by atoms with Crippen molar-refractivity contribution in [2.75, 3.05) is 68.0 Å². The lowest BCUT2D eigenvalue weighted by Gasteiger charge is -2.35. The van der Waals surface area contributed by atoms with E-state index in [0.29, 0.717) is 34.4 Å². The van der Waals surface area contributed by atoms with E-state index in [1.165, 1.54) is 5.56 Å². The third-order valence-corrected chi connectivity index (χ3v) is 7.96. The molecule has 216 valence electrons. The Morgan fingerprint density at radius 1 is 0.854 bits per heavy atom. The zero-order valence-electron chi connectivity index (χ0n) is 23.3. The standard InChI is InChI=1S/C32H38ClN5O3/c33-26-7-4-8-27(22-26)35-32(40)36-28-9-10-30(29(23-28)31(39)34-13-16-37-17-19-41-20-18-37)38-14-11-25(12-15-38)21-24-5-2-1-3-6-24/h1-10,22-23,25H,11-21H2,(H,34,39)(H2,35,36,40). The predicted octanol–water partition coefficient (Wildman–Crippen LogP) is 5.51. The van der Waals surface area contributed by atoms with Gasteiger partial charge in [0.25, 0.3) is 5.91 Å². The molecule has 3 aromatic carbocycles. The summed E-state index contributed by atoms with van der Waals surface area (Å²) >= 11 is 6.05. The number of hydrogen-bond acceptors (Lipinski definition) is 5. The summed E-state index contributed by atoms with van der Waals surface area (Å²) in [4.78, 5) is 30.8. The maximum atomic E-state index is 13.5. The van der Waals surface area contributed by atoms with Crippen molar-refractivity contribution in [2.45, 2.75) is 19.3 Å². The van der Waals surface area contributed by atoms with E-state index in [1.54, 1.807) is 30.3 Å². The minimum absolute atomic E-state index is 0.140. The molecule has 2 aliphatic heterocycles. The fourth-order valence-electron chi connectivity index (χ4n) is 5.50. The number of carbonyl (C=O) groups is 2. The molecule has 0 bridgehead atoms. The van der Waals surface area contributed by atoms with Gasteiger partial charge in [0.15, 0.2) is 0 Å². The van der Waals surface area contributed by atoms with Crippen molar-refractivity contribution in [3.05, 3.63) is 88.9 Å². The van der Waals surface area contributed by atoms with Gasteiger partial charge >= 0.3 is 6.03 Å². The maximum Gasteiger partial charge on any atom is 0.323 e. The first-order chi connectivity index (χ1) is 20.0. The van der Waals surface area contributed by atoms with Gasteiger partial charge in [-0.05, 0) is 67.1 Å². The number of hydrogen-bond donors (Lipinski definition) is 3. The SMILES string of the molecule is O=C(Nc1cccc(Cl)c1)Nc1ccc(N2CCC(Cc3ccccc3)CC2)c(C(=O)NCCN2CCOCC2)c1. The summed E-state index contributed by atoms with van der Waals surface area (Å²) in [5.74, 6) is 0.481. The van der Waals surface area contributed by atoms with Gasteiger partial charge in [-0.25, -0.2) is 4.79 Å². The van der Waals surface area contributed by atoms with Crippen molar-refractivity contribution in [3.63, 3.8) is 0 Å². The molecule has 0 aromatic heterocycles. The summed E-state index contributed by atoms with van der Waals surface area (Å²) in [6.45, 7) is 6.29. The van der Waals surface area contributed by atoms with Crippen molar-refractivity contribution in [3.8, 4) is 0 Å². The first-order valence-electron chi connectivity index (χ1n) is 14.4. The van der Waals surface area contributed by atoms with E-state index < -0.39 is 6.03 Å². The molecule has 0 aliphatic carbocycles. The average molecular weight is 576 g/mol. The Morgan fingerprint density at radius 3 is 2.32 bits per heavy atom. The highest BCUT2D eigenvalue weighted by molar-refractivity contribution is 6.30. The second-order valence-corrected chi connectivity index (χ2v) is 11.1. The quantitative estimate of drug-likeness (QED) is 0.313. The van der Waals surface area contributed by atoms with Crippen LogP contribution in [0.4, 0.5) is 21.9 Å². The highest BCUT2D eigenvalue weighted by Crippen LogP contribution is 2.30. The smallest absolute Gasteiger partial charge is 0.323 e. The molecule has 0 spiro atoms. The Morgan fingerprint density at radius 2 is 1.59 bits per heavy atom. The summed E-state index contributed by atoms with van der Waals surface area (Å²) in [5, 5.41) is 9.30. The van der Waals surface area contributed by atoms with E-state index in [2.05, 4.69) is 56.1 Å². The summed E-state index contributed by atoms with van der Waals surface area (Å²) in [5.41, 5.74) is 3.97. The molecule has 0 saturated carbocycles. The fourth-order valence-corrected chi connectivity index (χ4v) is 5.69. The second-order valence-electron chi connectivity index (χ2n) is 10.7. The summed E-state index contributed by atoms with van der Waals surface area (Å²) < 4.78 is 5.43. The number of nitrogens with one attached hydrogen (secondary N) is 3. The number of carbonyl (C=O) groups excluding carboxylic acids is 2. The first kappa shape index (κ1) is 28.9. The molecule has 3 aromatic rings. The molecule has 5 rings (SSSR count). The Hall–Kier alpha value is -3.59. The van der Waals surface area contributed by atoms with Crippen molar-refractivity contribution >= 4 is 40.6 Å². The zero-order valence-corrected chi connectivity index (χ0v) is 24.0. The number of urea groups is 1. The number of halogens is 1. The number of piperidine rings is 1. The van der Waals surface area contributed by atoms with Crippen LogP contribution in [0.5, 0.6) is 0 Å². The van der Waals surface area contributed by atoms with Gasteiger partial charge in [0.2, 0.25) is 0 Å². The molecular weight excluding hydrogens is 538 g/mol. The van der Waals surface area contributed by atoms with Crippen molar-refractivity contribution in [1.29, 1.82) is 0 Å². The van der Waals surface area contributed by atoms with Crippen LogP contribution >= 0.6 is 11.6 Å². The molecule has 2 fully saturated rings. The van der Waals surface area contributed by atoms with Gasteiger partial charge in [-0.2, -0.15) is 0 Å². The van der Waals surface area contributed by atoms with Crippen LogP contribution in [0, 0.1) is 5.92 Å². The fraction of sp³-hybridized carbons (Fsp3) is 0.375. The van der Waals surface area contributed by atoms with Gasteiger partial charge in [0, 0.05) is 61.4 Å². The number of morpholine rings is 1. The molecule has 3 N–H and O–H groups in total. The number of rotatable bonds is 9. The lowest BCUT2D eigenvalue weighted by atomic mass is 9.89. The minimum atomic E-state index is -0.402. The minimum Gasteiger partial charge on any atom is -0.379 e. The van der Waals surface area contributed by atoms with Crippen LogP contribution in [0.1, 0.15) is 28.8 Å². The van der Waals surface area contributed by atoms with E-state index in [9.17, 15) is 9.59 Å². The summed E-state index contributed by atoms with van der Waals surface area (Å²) in [6.07, 6.45) is 3.21. The van der Waals surface area contributed by atoms with Crippen LogP contribution in [0.15, 0.2) is 72.8 Å². The maximum absolute atomic E-state index is 13.5. The van der Waals surface area contributed by atoms with Crippen molar-refractivity contribution < 1.29 is 14.3 Å². The Kier molecular flexibility index (Phi) is 10.1. The number of benzene rings is 3. The van der Waals surface area contributed by atoms with E-state index in [-0.39, 0.29) is 5.91 Å². The van der Waals surface area contributed by atoms with Gasteiger partial charge < -0.3 is 25.6 Å².